The van der Waals surface area contributed by atoms with Crippen molar-refractivity contribution >= 4 is 11.7 Å². The molecule has 0 unspecified atom stereocenters. The fourth-order valence-corrected chi connectivity index (χ4v) is 2.51. The lowest BCUT2D eigenvalue weighted by molar-refractivity contribution is 0.239. The predicted octanol–water partition coefficient (Wildman–Crippen LogP) is 3.76. The molecule has 1 aromatic heterocycles. The van der Waals surface area contributed by atoms with E-state index in [1.54, 1.807) is 12.4 Å². The minimum atomic E-state index is -0.311. The summed E-state index contributed by atoms with van der Waals surface area (Å²) < 4.78 is 0. The van der Waals surface area contributed by atoms with Gasteiger partial charge in [0.15, 0.2) is 0 Å². The zero-order chi connectivity index (χ0) is 17.5. The van der Waals surface area contributed by atoms with Crippen LogP contribution in [0.5, 0.6) is 0 Å². The molecule has 0 fully saturated rings. The van der Waals surface area contributed by atoms with Crippen LogP contribution < -0.4 is 10.6 Å². The van der Waals surface area contributed by atoms with Gasteiger partial charge in [-0.3, -0.25) is 4.98 Å². The Balaban J connectivity index is 2.05. The molecule has 0 saturated heterocycles. The molecule has 2 aromatic rings. The largest absolute Gasteiger partial charge is 0.396 e. The molecule has 3 N–H and O–H groups in total. The van der Waals surface area contributed by atoms with Crippen LogP contribution >= 0.6 is 0 Å². The normalized spacial score (nSPS) is 12.0. The van der Waals surface area contributed by atoms with Crippen molar-refractivity contribution < 1.29 is 9.90 Å². The molecule has 0 bridgehead atoms. The molecule has 1 aromatic carbocycles. The number of amides is 2. The molecule has 0 aliphatic heterocycles. The van der Waals surface area contributed by atoms with Gasteiger partial charge in [-0.2, -0.15) is 0 Å². The van der Waals surface area contributed by atoms with E-state index >= 15 is 0 Å². The highest BCUT2D eigenvalue weighted by Gasteiger charge is 2.15. The summed E-state index contributed by atoms with van der Waals surface area (Å²) in [6.07, 6.45) is 3.79. The van der Waals surface area contributed by atoms with Crippen LogP contribution in [0.4, 0.5) is 10.5 Å². The van der Waals surface area contributed by atoms with Gasteiger partial charge in [-0.15, -0.1) is 0 Å². The number of aliphatic hydroxyl groups excluding tert-OH is 1. The van der Waals surface area contributed by atoms with E-state index in [2.05, 4.69) is 41.6 Å². The second-order valence-electron chi connectivity index (χ2n) is 6.24. The smallest absolute Gasteiger partial charge is 0.319 e. The van der Waals surface area contributed by atoms with Gasteiger partial charge in [0.25, 0.3) is 0 Å². The molecule has 128 valence electrons. The minimum absolute atomic E-state index is 0.00286. The molecule has 2 amide bonds. The molecule has 0 spiro atoms. The number of aromatic nitrogens is 1. The van der Waals surface area contributed by atoms with E-state index < -0.39 is 0 Å². The summed E-state index contributed by atoms with van der Waals surface area (Å²) in [4.78, 5) is 16.3. The Morgan fingerprint density at radius 3 is 2.42 bits per heavy atom. The van der Waals surface area contributed by atoms with Crippen LogP contribution in [-0.4, -0.2) is 22.7 Å². The Hall–Kier alpha value is -2.40. The van der Waals surface area contributed by atoms with E-state index in [1.165, 1.54) is 5.56 Å². The van der Waals surface area contributed by atoms with Crippen LogP contribution in [0.3, 0.4) is 0 Å². The van der Waals surface area contributed by atoms with Crippen molar-refractivity contribution in [3.8, 4) is 0 Å². The Morgan fingerprint density at radius 1 is 1.17 bits per heavy atom. The molecule has 0 aliphatic rings. The third-order valence-electron chi connectivity index (χ3n) is 3.86. The Labute approximate surface area is 143 Å². The van der Waals surface area contributed by atoms with Crippen LogP contribution in [0.25, 0.3) is 0 Å². The highest BCUT2D eigenvalue weighted by molar-refractivity contribution is 5.89. The number of rotatable bonds is 6. The van der Waals surface area contributed by atoms with Gasteiger partial charge in [0.2, 0.25) is 0 Å². The zero-order valence-electron chi connectivity index (χ0n) is 14.4. The summed E-state index contributed by atoms with van der Waals surface area (Å²) in [7, 11) is 0. The highest BCUT2D eigenvalue weighted by atomic mass is 16.3. The van der Waals surface area contributed by atoms with E-state index in [9.17, 15) is 9.90 Å². The maximum Gasteiger partial charge on any atom is 0.319 e. The van der Waals surface area contributed by atoms with E-state index in [-0.39, 0.29) is 18.7 Å². The predicted molar refractivity (Wildman–Crippen MR) is 96.1 cm³/mol. The van der Waals surface area contributed by atoms with E-state index in [1.807, 2.05) is 25.1 Å². The fraction of sp³-hybridized carbons (Fsp3) is 0.368. The van der Waals surface area contributed by atoms with Gasteiger partial charge < -0.3 is 15.7 Å². The number of hydrogen-bond acceptors (Lipinski definition) is 3. The molecule has 1 heterocycles. The van der Waals surface area contributed by atoms with Gasteiger partial charge >= 0.3 is 6.03 Å². The first-order valence-corrected chi connectivity index (χ1v) is 8.19. The number of carbonyl (C=O) groups excluding carboxylic acids is 1. The molecule has 1 atom stereocenters. The summed E-state index contributed by atoms with van der Waals surface area (Å²) in [5.41, 5.74) is 3.84. The van der Waals surface area contributed by atoms with E-state index in [0.717, 1.165) is 11.1 Å². The molecule has 2 rings (SSSR count). The molecule has 0 aliphatic carbocycles. The van der Waals surface area contributed by atoms with Gasteiger partial charge in [-0.1, -0.05) is 38.1 Å². The lowest BCUT2D eigenvalue weighted by atomic mass is 9.98. The second kappa shape index (κ2) is 8.45. The van der Waals surface area contributed by atoms with Crippen molar-refractivity contribution in [3.05, 3.63) is 59.4 Å². The number of anilines is 1. The van der Waals surface area contributed by atoms with Crippen molar-refractivity contribution in [2.75, 3.05) is 11.9 Å². The average molecular weight is 327 g/mol. The Kier molecular flexibility index (Phi) is 6.32. The van der Waals surface area contributed by atoms with Crippen molar-refractivity contribution in [3.63, 3.8) is 0 Å². The van der Waals surface area contributed by atoms with Gasteiger partial charge in [0, 0.05) is 12.8 Å². The molecule has 5 nitrogen and oxygen atoms in total. The number of carbonyl (C=O) groups is 1. The summed E-state index contributed by atoms with van der Waals surface area (Å²) in [5, 5.41) is 15.0. The number of aryl methyl sites for hydroxylation is 1. The first-order valence-electron chi connectivity index (χ1n) is 8.19. The maximum atomic E-state index is 12.2. The minimum Gasteiger partial charge on any atom is -0.396 e. The van der Waals surface area contributed by atoms with Gasteiger partial charge in [0.05, 0.1) is 17.9 Å². The van der Waals surface area contributed by atoms with E-state index in [4.69, 9.17) is 0 Å². The van der Waals surface area contributed by atoms with Crippen LogP contribution in [-0.2, 0) is 0 Å². The van der Waals surface area contributed by atoms with Crippen LogP contribution in [0.15, 0.2) is 42.7 Å². The molecule has 0 saturated carbocycles. The monoisotopic (exact) mass is 327 g/mol. The first-order chi connectivity index (χ1) is 11.5. The standard InChI is InChI=1S/C19H25N3O2/c1-13(2)15-4-6-16(7-5-15)18(8-9-23)22-19(24)21-17-10-14(3)11-20-12-17/h4-7,10-13,18,23H,8-9H2,1-3H3,(H2,21,22,24)/t18-/m0/s1. The SMILES string of the molecule is Cc1cncc(NC(=O)N[C@@H](CCO)c2ccc(C(C)C)cc2)c1. The first kappa shape index (κ1) is 17.9. The number of hydrogen-bond donors (Lipinski definition) is 3. The molecular weight excluding hydrogens is 302 g/mol. The van der Waals surface area contributed by atoms with Crippen molar-refractivity contribution in [2.24, 2.45) is 0 Å². The molecule has 0 radical (unpaired) electrons. The Bertz CT molecular complexity index is 669. The quantitative estimate of drug-likeness (QED) is 0.756. The van der Waals surface area contributed by atoms with Gasteiger partial charge in [0.1, 0.15) is 0 Å². The van der Waals surface area contributed by atoms with E-state index in [0.29, 0.717) is 18.0 Å². The molecule has 24 heavy (non-hydrogen) atoms. The third-order valence-corrected chi connectivity index (χ3v) is 3.86. The molecule has 5 heteroatoms. The fourth-order valence-electron chi connectivity index (χ4n) is 2.51. The number of pyridine rings is 1. The zero-order valence-corrected chi connectivity index (χ0v) is 14.4. The number of nitrogens with one attached hydrogen (secondary N) is 2. The Morgan fingerprint density at radius 2 is 1.83 bits per heavy atom. The number of urea groups is 1. The van der Waals surface area contributed by atoms with Crippen molar-refractivity contribution in [2.45, 2.75) is 39.2 Å². The van der Waals surface area contributed by atoms with Gasteiger partial charge in [-0.25, -0.2) is 4.79 Å². The lowest BCUT2D eigenvalue weighted by Gasteiger charge is -2.19. The van der Waals surface area contributed by atoms with Crippen LogP contribution in [0, 0.1) is 6.92 Å². The van der Waals surface area contributed by atoms with Crippen LogP contribution in [0.1, 0.15) is 48.9 Å². The lowest BCUT2D eigenvalue weighted by Crippen LogP contribution is -2.33. The van der Waals surface area contributed by atoms with Gasteiger partial charge in [-0.05, 0) is 42.0 Å². The average Bonchev–Trinajstić information content (AvgIpc) is 2.54. The summed E-state index contributed by atoms with van der Waals surface area (Å²) >= 11 is 0. The maximum absolute atomic E-state index is 12.2. The summed E-state index contributed by atoms with van der Waals surface area (Å²) in [6, 6.07) is 9.44. The number of benzene rings is 1. The summed E-state index contributed by atoms with van der Waals surface area (Å²) in [6.45, 7) is 6.20. The van der Waals surface area contributed by atoms with Crippen molar-refractivity contribution in [1.29, 1.82) is 0 Å². The topological polar surface area (TPSA) is 74.2 Å². The highest BCUT2D eigenvalue weighted by Crippen LogP contribution is 2.21. The number of aliphatic hydroxyl groups is 1. The number of nitrogens with zero attached hydrogens (tertiary/aromatic N) is 1. The third kappa shape index (κ3) is 5.06. The van der Waals surface area contributed by atoms with Crippen molar-refractivity contribution in [1.82, 2.24) is 10.3 Å². The van der Waals surface area contributed by atoms with Crippen LogP contribution in [0.2, 0.25) is 0 Å². The molecular formula is C19H25N3O2. The second-order valence-corrected chi connectivity index (χ2v) is 6.24. The summed E-state index contributed by atoms with van der Waals surface area (Å²) in [5.74, 6) is 0.459.